The number of hydrogen-bond donors (Lipinski definition) is 3. The number of aromatic carboxylic acids is 1. The Kier molecular flexibility index (Phi) is 4.50. The van der Waals surface area contributed by atoms with Gasteiger partial charge < -0.3 is 20.3 Å². The number of hydrogen-bond acceptors (Lipinski definition) is 5. The second kappa shape index (κ2) is 6.51. The summed E-state index contributed by atoms with van der Waals surface area (Å²) in [5.41, 5.74) is 1.20. The minimum absolute atomic E-state index is 0.125. The molecule has 0 aliphatic rings. The predicted octanol–water partition coefficient (Wildman–Crippen LogP) is 1.08. The number of nitrogens with zero attached hydrogens (tertiary/aromatic N) is 2. The molecule has 0 bridgehead atoms. The van der Waals surface area contributed by atoms with Crippen molar-refractivity contribution in [3.05, 3.63) is 47.1 Å². The summed E-state index contributed by atoms with van der Waals surface area (Å²) in [6.07, 6.45) is 1.39. The van der Waals surface area contributed by atoms with Crippen molar-refractivity contribution in [3.63, 3.8) is 0 Å². The van der Waals surface area contributed by atoms with Gasteiger partial charge in [-0.1, -0.05) is 5.16 Å². The number of rotatable bonds is 5. The third kappa shape index (κ3) is 4.30. The number of aromatic nitrogens is 2. The van der Waals surface area contributed by atoms with Crippen LogP contribution in [0.2, 0.25) is 0 Å². The molecule has 0 radical (unpaired) electrons. The molecule has 0 aliphatic carbocycles. The highest BCUT2D eigenvalue weighted by Crippen LogP contribution is 2.02. The molecule has 0 unspecified atom stereocenters. The number of nitrogens with one attached hydrogen (secondary N) is 2. The predicted molar refractivity (Wildman–Crippen MR) is 71.5 cm³/mol. The fourth-order valence-corrected chi connectivity index (χ4v) is 1.61. The van der Waals surface area contributed by atoms with Crippen LogP contribution in [0.25, 0.3) is 0 Å². The molecule has 2 heterocycles. The van der Waals surface area contributed by atoms with E-state index >= 15 is 0 Å². The van der Waals surface area contributed by atoms with E-state index in [1.807, 2.05) is 0 Å². The van der Waals surface area contributed by atoms with Crippen molar-refractivity contribution in [2.45, 2.75) is 20.0 Å². The van der Waals surface area contributed by atoms with Gasteiger partial charge in [0.15, 0.2) is 0 Å². The number of carboxylic acids is 1. The van der Waals surface area contributed by atoms with Gasteiger partial charge in [-0.3, -0.25) is 4.98 Å². The number of carbonyl (C=O) groups excluding carboxylic acids is 1. The van der Waals surface area contributed by atoms with Gasteiger partial charge in [-0.15, -0.1) is 0 Å². The van der Waals surface area contributed by atoms with E-state index in [1.54, 1.807) is 13.0 Å². The Labute approximate surface area is 120 Å². The van der Waals surface area contributed by atoms with Crippen LogP contribution >= 0.6 is 0 Å². The van der Waals surface area contributed by atoms with Crippen molar-refractivity contribution in [2.75, 3.05) is 0 Å². The van der Waals surface area contributed by atoms with Gasteiger partial charge >= 0.3 is 12.0 Å². The molecule has 0 aliphatic heterocycles. The van der Waals surface area contributed by atoms with E-state index in [0.29, 0.717) is 17.1 Å². The number of aryl methyl sites for hydroxylation is 1. The van der Waals surface area contributed by atoms with Gasteiger partial charge in [0.1, 0.15) is 11.5 Å². The van der Waals surface area contributed by atoms with Gasteiger partial charge in [-0.05, 0) is 19.1 Å². The molecule has 21 heavy (non-hydrogen) atoms. The molecule has 0 atom stereocenters. The smallest absolute Gasteiger partial charge is 0.335 e. The normalized spacial score (nSPS) is 10.1. The van der Waals surface area contributed by atoms with Gasteiger partial charge in [0.2, 0.25) is 0 Å². The summed E-state index contributed by atoms with van der Waals surface area (Å²) in [4.78, 5) is 26.4. The lowest BCUT2D eigenvalue weighted by Gasteiger charge is -2.06. The van der Waals surface area contributed by atoms with E-state index in [0.717, 1.165) is 0 Å². The first-order valence-corrected chi connectivity index (χ1v) is 6.16. The zero-order valence-electron chi connectivity index (χ0n) is 11.3. The molecular weight excluding hydrogens is 276 g/mol. The van der Waals surface area contributed by atoms with Gasteiger partial charge in [0, 0.05) is 12.3 Å². The topological polar surface area (TPSA) is 117 Å². The van der Waals surface area contributed by atoms with Crippen molar-refractivity contribution in [1.82, 2.24) is 20.8 Å². The molecule has 0 spiro atoms. The Bertz CT molecular complexity index is 653. The molecule has 2 aromatic heterocycles. The highest BCUT2D eigenvalue weighted by molar-refractivity contribution is 5.87. The van der Waals surface area contributed by atoms with E-state index in [2.05, 4.69) is 20.8 Å². The fourth-order valence-electron chi connectivity index (χ4n) is 1.61. The Morgan fingerprint density at radius 2 is 1.95 bits per heavy atom. The first-order valence-electron chi connectivity index (χ1n) is 6.16. The zero-order valence-corrected chi connectivity index (χ0v) is 11.3. The molecule has 0 aromatic carbocycles. The van der Waals surface area contributed by atoms with Crippen LogP contribution in [0.4, 0.5) is 4.79 Å². The van der Waals surface area contributed by atoms with Crippen LogP contribution < -0.4 is 10.6 Å². The molecule has 2 amide bonds. The third-order valence-corrected chi connectivity index (χ3v) is 2.60. The van der Waals surface area contributed by atoms with Crippen LogP contribution in [0.15, 0.2) is 28.9 Å². The number of urea groups is 1. The fraction of sp³-hybridized carbons (Fsp3) is 0.231. The van der Waals surface area contributed by atoms with Gasteiger partial charge in [0.25, 0.3) is 0 Å². The van der Waals surface area contributed by atoms with Crippen LogP contribution in [0.1, 0.15) is 27.5 Å². The summed E-state index contributed by atoms with van der Waals surface area (Å²) >= 11 is 0. The van der Waals surface area contributed by atoms with Gasteiger partial charge in [0.05, 0.1) is 24.3 Å². The minimum Gasteiger partial charge on any atom is -0.478 e. The van der Waals surface area contributed by atoms with Crippen molar-refractivity contribution < 1.29 is 19.2 Å². The third-order valence-electron chi connectivity index (χ3n) is 2.60. The van der Waals surface area contributed by atoms with E-state index in [1.165, 1.54) is 18.3 Å². The lowest BCUT2D eigenvalue weighted by Crippen LogP contribution is -2.34. The van der Waals surface area contributed by atoms with E-state index < -0.39 is 12.0 Å². The molecule has 0 saturated heterocycles. The second-order valence-corrected chi connectivity index (χ2v) is 4.31. The molecule has 3 N–H and O–H groups in total. The number of carboxylic acid groups (broad SMARTS) is 1. The van der Waals surface area contributed by atoms with E-state index in [-0.39, 0.29) is 18.7 Å². The highest BCUT2D eigenvalue weighted by atomic mass is 16.5. The van der Waals surface area contributed by atoms with Gasteiger partial charge in [-0.2, -0.15) is 0 Å². The van der Waals surface area contributed by atoms with Gasteiger partial charge in [-0.25, -0.2) is 9.59 Å². The van der Waals surface area contributed by atoms with Crippen LogP contribution in [0, 0.1) is 6.92 Å². The first-order chi connectivity index (χ1) is 10.0. The SMILES string of the molecule is Cc1cc(CNC(=O)NCc2cc(C(=O)O)ccn2)no1. The maximum absolute atomic E-state index is 11.6. The van der Waals surface area contributed by atoms with Crippen LogP contribution in [-0.2, 0) is 13.1 Å². The number of carbonyl (C=O) groups is 2. The molecule has 0 fully saturated rings. The largest absolute Gasteiger partial charge is 0.478 e. The van der Waals surface area contributed by atoms with Crippen molar-refractivity contribution in [3.8, 4) is 0 Å². The monoisotopic (exact) mass is 290 g/mol. The number of amides is 2. The Morgan fingerprint density at radius 1 is 1.24 bits per heavy atom. The summed E-state index contributed by atoms with van der Waals surface area (Å²) in [5.74, 6) is -0.369. The quantitative estimate of drug-likeness (QED) is 0.758. The molecule has 110 valence electrons. The maximum atomic E-state index is 11.6. The van der Waals surface area contributed by atoms with Crippen molar-refractivity contribution >= 4 is 12.0 Å². The molecule has 2 rings (SSSR count). The maximum Gasteiger partial charge on any atom is 0.335 e. The van der Waals surface area contributed by atoms with Crippen LogP contribution in [0.3, 0.4) is 0 Å². The Hall–Kier alpha value is -2.90. The van der Waals surface area contributed by atoms with Crippen LogP contribution in [-0.4, -0.2) is 27.2 Å². The first kappa shape index (κ1) is 14.5. The molecule has 8 nitrogen and oxygen atoms in total. The summed E-state index contributed by atoms with van der Waals surface area (Å²) < 4.78 is 4.87. The summed E-state index contributed by atoms with van der Waals surface area (Å²) in [7, 11) is 0. The lowest BCUT2D eigenvalue weighted by molar-refractivity contribution is 0.0696. The average Bonchev–Trinajstić information content (AvgIpc) is 2.89. The summed E-state index contributed by atoms with van der Waals surface area (Å²) in [6, 6.07) is 4.11. The minimum atomic E-state index is -1.04. The van der Waals surface area contributed by atoms with E-state index in [4.69, 9.17) is 9.63 Å². The zero-order chi connectivity index (χ0) is 15.2. The highest BCUT2D eigenvalue weighted by Gasteiger charge is 2.07. The lowest BCUT2D eigenvalue weighted by atomic mass is 10.2. The van der Waals surface area contributed by atoms with Crippen molar-refractivity contribution in [2.24, 2.45) is 0 Å². The standard InChI is InChI=1S/C13H14N4O4/c1-8-4-11(17-21-8)7-16-13(20)15-6-10-5-9(12(18)19)2-3-14-10/h2-5H,6-7H2,1H3,(H,18,19)(H2,15,16,20). The average molecular weight is 290 g/mol. The molecule has 8 heteroatoms. The van der Waals surface area contributed by atoms with E-state index in [9.17, 15) is 9.59 Å². The second-order valence-electron chi connectivity index (χ2n) is 4.31. The Morgan fingerprint density at radius 3 is 2.57 bits per heavy atom. The molecule has 2 aromatic rings. The molecular formula is C13H14N4O4. The molecule has 0 saturated carbocycles. The van der Waals surface area contributed by atoms with Crippen molar-refractivity contribution in [1.29, 1.82) is 0 Å². The Balaban J connectivity index is 1.81. The number of pyridine rings is 1. The summed E-state index contributed by atoms with van der Waals surface area (Å²) in [6.45, 7) is 2.13. The summed E-state index contributed by atoms with van der Waals surface area (Å²) in [5, 5.41) is 17.8. The van der Waals surface area contributed by atoms with Crippen LogP contribution in [0.5, 0.6) is 0 Å².